The number of likely N-dealkylation sites (tertiary alicyclic amines) is 1. The Hall–Kier alpha value is -3.03. The predicted molar refractivity (Wildman–Crippen MR) is 119 cm³/mol. The zero-order chi connectivity index (χ0) is 23.9. The minimum Gasteiger partial charge on any atom is -0.444 e. The average molecular weight is 473 g/mol. The number of benzene rings is 1. The van der Waals surface area contributed by atoms with Gasteiger partial charge >= 0.3 is 6.09 Å². The number of rotatable bonds is 4. The molecule has 0 N–H and O–H groups in total. The van der Waals surface area contributed by atoms with Crippen LogP contribution in [-0.2, 0) is 16.0 Å². The van der Waals surface area contributed by atoms with Crippen LogP contribution in [0.2, 0.25) is 0 Å². The molecule has 3 heterocycles. The molecule has 8 nitrogen and oxygen atoms in total. The molecule has 2 atom stereocenters. The van der Waals surface area contributed by atoms with Crippen LogP contribution in [0.5, 0.6) is 0 Å². The summed E-state index contributed by atoms with van der Waals surface area (Å²) in [5, 5.41) is 9.45. The van der Waals surface area contributed by atoms with Gasteiger partial charge in [0.1, 0.15) is 21.6 Å². The van der Waals surface area contributed by atoms with Crippen LogP contribution < -0.4 is 0 Å². The molecular formula is C23H25FN4O4S. The molecular weight excluding hydrogens is 447 g/mol. The topological polar surface area (TPSA) is 95.8 Å². The highest BCUT2D eigenvalue weighted by atomic mass is 32.1. The summed E-state index contributed by atoms with van der Waals surface area (Å²) < 4.78 is 25.4. The normalized spacial score (nSPS) is 20.2. The summed E-state index contributed by atoms with van der Waals surface area (Å²) in [7, 11) is 1.57. The van der Waals surface area contributed by atoms with Crippen molar-refractivity contribution in [1.29, 1.82) is 5.26 Å². The number of hydrogen-bond acceptors (Lipinski definition) is 7. The highest BCUT2D eigenvalue weighted by Crippen LogP contribution is 2.38. The molecule has 0 bridgehead atoms. The van der Waals surface area contributed by atoms with Gasteiger partial charge in [-0.2, -0.15) is 5.26 Å². The van der Waals surface area contributed by atoms with E-state index in [1.807, 2.05) is 26.8 Å². The Morgan fingerprint density at radius 1 is 1.39 bits per heavy atom. The van der Waals surface area contributed by atoms with Gasteiger partial charge < -0.3 is 19.3 Å². The molecule has 4 rings (SSSR count). The Kier molecular flexibility index (Phi) is 6.12. The molecule has 0 radical (unpaired) electrons. The quantitative estimate of drug-likeness (QED) is 0.672. The summed E-state index contributed by atoms with van der Waals surface area (Å²) in [6, 6.07) is 5.97. The number of ether oxygens (including phenoxy) is 2. The largest absolute Gasteiger partial charge is 0.444 e. The van der Waals surface area contributed by atoms with Crippen LogP contribution in [0.15, 0.2) is 18.2 Å². The van der Waals surface area contributed by atoms with Crippen molar-refractivity contribution in [2.24, 2.45) is 0 Å². The van der Waals surface area contributed by atoms with Crippen LogP contribution in [0, 0.1) is 17.1 Å². The molecule has 0 spiro atoms. The number of nitrogens with zero attached hydrogens (tertiary/aromatic N) is 4. The number of fused-ring (bicyclic) bond motifs is 1. The van der Waals surface area contributed by atoms with E-state index < -0.39 is 17.5 Å². The van der Waals surface area contributed by atoms with Gasteiger partial charge in [0.05, 0.1) is 36.5 Å². The first-order chi connectivity index (χ1) is 15.6. The summed E-state index contributed by atoms with van der Waals surface area (Å²) in [6.07, 6.45) is 0.140. The second-order valence-corrected chi connectivity index (χ2v) is 10.1. The van der Waals surface area contributed by atoms with Crippen molar-refractivity contribution in [2.75, 3.05) is 20.3 Å². The first-order valence-corrected chi connectivity index (χ1v) is 11.4. The molecule has 2 aliphatic rings. The van der Waals surface area contributed by atoms with E-state index in [0.717, 1.165) is 11.3 Å². The lowest BCUT2D eigenvalue weighted by Crippen LogP contribution is -2.43. The standard InChI is InChI=1S/C23H25FN4O4S/c1-23(2,3)32-22(30)28-10-14(8-15(28)12-31-4)27-11-17-19(21(27)29)33-20(26-17)16-7-5-6-13(9-25)18(16)24/h5-7,14-15H,8,10-12H2,1-4H3/t14-,15+/m1/s1. The van der Waals surface area contributed by atoms with E-state index in [9.17, 15) is 14.0 Å². The van der Waals surface area contributed by atoms with Crippen molar-refractivity contribution in [3.63, 3.8) is 0 Å². The van der Waals surface area contributed by atoms with Crippen LogP contribution in [0.3, 0.4) is 0 Å². The average Bonchev–Trinajstić information content (AvgIpc) is 3.42. The maximum absolute atomic E-state index is 14.6. The minimum atomic E-state index is -0.636. The number of hydrogen-bond donors (Lipinski definition) is 0. The highest BCUT2D eigenvalue weighted by Gasteiger charge is 2.44. The fourth-order valence-corrected chi connectivity index (χ4v) is 5.24. The van der Waals surface area contributed by atoms with Crippen LogP contribution >= 0.6 is 11.3 Å². The van der Waals surface area contributed by atoms with Gasteiger partial charge in [-0.15, -0.1) is 11.3 Å². The SMILES string of the molecule is COC[C@@H]1C[C@@H](N2Cc3nc(-c4cccc(C#N)c4F)sc3C2=O)CN1C(=O)OC(C)(C)C. The third-order valence-electron chi connectivity index (χ3n) is 5.64. The van der Waals surface area contributed by atoms with E-state index in [-0.39, 0.29) is 35.7 Å². The lowest BCUT2D eigenvalue weighted by molar-refractivity contribution is 0.0140. The Balaban J connectivity index is 1.53. The predicted octanol–water partition coefficient (Wildman–Crippen LogP) is 3.80. The van der Waals surface area contributed by atoms with Crippen LogP contribution in [-0.4, -0.2) is 64.7 Å². The molecule has 2 aromatic rings. The smallest absolute Gasteiger partial charge is 0.410 e. The zero-order valence-electron chi connectivity index (χ0n) is 18.9. The first-order valence-electron chi connectivity index (χ1n) is 10.6. The van der Waals surface area contributed by atoms with Crippen LogP contribution in [0.25, 0.3) is 10.6 Å². The number of thiazole rings is 1. The summed E-state index contributed by atoms with van der Waals surface area (Å²) in [4.78, 5) is 34.2. The van der Waals surface area contributed by atoms with Gasteiger partial charge in [0.15, 0.2) is 5.82 Å². The lowest BCUT2D eigenvalue weighted by atomic mass is 10.1. The summed E-state index contributed by atoms with van der Waals surface area (Å²) in [6.45, 7) is 6.40. The van der Waals surface area contributed by atoms with Gasteiger partial charge in [0, 0.05) is 19.2 Å². The van der Waals surface area contributed by atoms with Crippen molar-refractivity contribution in [3.05, 3.63) is 40.2 Å². The molecule has 1 saturated heterocycles. The molecule has 1 aromatic carbocycles. The van der Waals surface area contributed by atoms with E-state index >= 15 is 0 Å². The molecule has 10 heteroatoms. The molecule has 1 aromatic heterocycles. The third kappa shape index (κ3) is 4.43. The molecule has 174 valence electrons. The number of halogens is 1. The maximum Gasteiger partial charge on any atom is 0.410 e. The Morgan fingerprint density at radius 2 is 2.15 bits per heavy atom. The molecule has 0 unspecified atom stereocenters. The monoisotopic (exact) mass is 472 g/mol. The number of carbonyl (C=O) groups excluding carboxylic acids is 2. The van der Waals surface area contributed by atoms with Gasteiger partial charge in [0.2, 0.25) is 0 Å². The van der Waals surface area contributed by atoms with Gasteiger partial charge in [-0.25, -0.2) is 14.2 Å². The number of aromatic nitrogens is 1. The van der Waals surface area contributed by atoms with Gasteiger partial charge in [-0.1, -0.05) is 6.07 Å². The number of amides is 2. The van der Waals surface area contributed by atoms with Crippen molar-refractivity contribution >= 4 is 23.3 Å². The Bertz CT molecular complexity index is 1140. The second-order valence-electron chi connectivity index (χ2n) is 9.14. The fraction of sp³-hybridized carbons (Fsp3) is 0.478. The van der Waals surface area contributed by atoms with Crippen LogP contribution in [0.1, 0.15) is 48.1 Å². The van der Waals surface area contributed by atoms with E-state index in [2.05, 4.69) is 4.98 Å². The van der Waals surface area contributed by atoms with Crippen molar-refractivity contribution in [2.45, 2.75) is 51.4 Å². The second kappa shape index (κ2) is 8.72. The lowest BCUT2D eigenvalue weighted by Gasteiger charge is -2.28. The van der Waals surface area contributed by atoms with Gasteiger partial charge in [-0.05, 0) is 39.3 Å². The maximum atomic E-state index is 14.6. The summed E-state index contributed by atoms with van der Waals surface area (Å²) in [5.41, 5.74) is 0.109. The van der Waals surface area contributed by atoms with E-state index in [1.54, 1.807) is 29.0 Å². The zero-order valence-corrected chi connectivity index (χ0v) is 19.7. The van der Waals surface area contributed by atoms with Gasteiger partial charge in [0.25, 0.3) is 5.91 Å². The van der Waals surface area contributed by atoms with E-state index in [4.69, 9.17) is 14.7 Å². The molecule has 33 heavy (non-hydrogen) atoms. The first kappa shape index (κ1) is 23.1. The Morgan fingerprint density at radius 3 is 2.79 bits per heavy atom. The summed E-state index contributed by atoms with van der Waals surface area (Å²) in [5.74, 6) is -0.819. The van der Waals surface area contributed by atoms with E-state index in [0.29, 0.717) is 35.2 Å². The molecule has 0 saturated carbocycles. The van der Waals surface area contributed by atoms with Crippen molar-refractivity contribution in [3.8, 4) is 16.6 Å². The van der Waals surface area contributed by atoms with Crippen LogP contribution in [0.4, 0.5) is 9.18 Å². The number of methoxy groups -OCH3 is 1. The van der Waals surface area contributed by atoms with Gasteiger partial charge in [-0.3, -0.25) is 4.79 Å². The summed E-state index contributed by atoms with van der Waals surface area (Å²) >= 11 is 1.12. The molecule has 1 fully saturated rings. The number of nitriles is 1. The fourth-order valence-electron chi connectivity index (χ4n) is 4.20. The van der Waals surface area contributed by atoms with E-state index in [1.165, 1.54) is 6.07 Å². The molecule has 2 aliphatic heterocycles. The molecule has 0 aliphatic carbocycles. The number of carbonyl (C=O) groups is 2. The Labute approximate surface area is 195 Å². The molecule has 2 amide bonds. The minimum absolute atomic E-state index is 0.0619. The van der Waals surface area contributed by atoms with Crippen molar-refractivity contribution in [1.82, 2.24) is 14.8 Å². The highest BCUT2D eigenvalue weighted by molar-refractivity contribution is 7.17. The van der Waals surface area contributed by atoms with Crippen molar-refractivity contribution < 1.29 is 23.5 Å². The third-order valence-corrected chi connectivity index (χ3v) is 6.76.